The number of aliphatic hydroxyl groups excluding tert-OH is 1. The molecule has 0 amide bonds. The van der Waals surface area contributed by atoms with Gasteiger partial charge < -0.3 is 14.6 Å². The molecule has 1 heterocycles. The Morgan fingerprint density at radius 2 is 2.00 bits per heavy atom. The highest BCUT2D eigenvalue weighted by Gasteiger charge is 2.29. The number of hydrogen-bond acceptors (Lipinski definition) is 3. The van der Waals surface area contributed by atoms with Crippen molar-refractivity contribution in [2.45, 2.75) is 37.4 Å². The summed E-state index contributed by atoms with van der Waals surface area (Å²) in [5.41, 5.74) is 2.32. The highest BCUT2D eigenvalue weighted by molar-refractivity contribution is 5.34. The Labute approximate surface area is 108 Å². The molecular formula is C15H20O3. The lowest BCUT2D eigenvalue weighted by atomic mass is 9.77. The lowest BCUT2D eigenvalue weighted by Crippen LogP contribution is -2.34. The molecule has 98 valence electrons. The molecule has 0 bridgehead atoms. The van der Waals surface area contributed by atoms with Crippen LogP contribution in [0.4, 0.5) is 0 Å². The molecule has 1 N–H and O–H groups in total. The summed E-state index contributed by atoms with van der Waals surface area (Å²) in [4.78, 5) is 0. The monoisotopic (exact) mass is 248 g/mol. The van der Waals surface area contributed by atoms with E-state index in [1.54, 1.807) is 0 Å². The summed E-state index contributed by atoms with van der Waals surface area (Å²) in [6, 6.07) is 8.22. The molecule has 2 unspecified atom stereocenters. The average molecular weight is 248 g/mol. The molecule has 1 aromatic rings. The Bertz CT molecular complexity index is 394. The first kappa shape index (κ1) is 12.2. The van der Waals surface area contributed by atoms with Gasteiger partial charge in [-0.2, -0.15) is 0 Å². The van der Waals surface area contributed by atoms with Crippen LogP contribution in [0.3, 0.4) is 0 Å². The second-order valence-electron chi connectivity index (χ2n) is 5.19. The highest BCUT2D eigenvalue weighted by Crippen LogP contribution is 2.40. The van der Waals surface area contributed by atoms with E-state index >= 15 is 0 Å². The molecule has 18 heavy (non-hydrogen) atoms. The van der Waals surface area contributed by atoms with Gasteiger partial charge in [0.15, 0.2) is 0 Å². The van der Waals surface area contributed by atoms with Crippen LogP contribution in [0.2, 0.25) is 0 Å². The first-order valence-corrected chi connectivity index (χ1v) is 6.82. The van der Waals surface area contributed by atoms with E-state index < -0.39 is 6.10 Å². The first-order valence-electron chi connectivity index (χ1n) is 6.82. The first-order chi connectivity index (χ1) is 8.86. The Hall–Kier alpha value is -0.900. The fourth-order valence-corrected chi connectivity index (χ4v) is 2.76. The molecule has 3 nitrogen and oxygen atoms in total. The Kier molecular flexibility index (Phi) is 3.64. The van der Waals surface area contributed by atoms with Crippen LogP contribution in [0.1, 0.15) is 42.4 Å². The van der Waals surface area contributed by atoms with Crippen LogP contribution in [0.25, 0.3) is 0 Å². The molecule has 1 saturated carbocycles. The summed E-state index contributed by atoms with van der Waals surface area (Å²) in [5.74, 6) is 0.625. The van der Waals surface area contributed by atoms with E-state index in [1.165, 1.54) is 24.8 Å². The van der Waals surface area contributed by atoms with E-state index in [0.717, 1.165) is 5.56 Å². The molecule has 2 aliphatic rings. The maximum Gasteiger partial charge on any atom is 0.111 e. The second-order valence-corrected chi connectivity index (χ2v) is 5.19. The number of aliphatic hydroxyl groups is 1. The molecule has 0 radical (unpaired) electrons. The maximum atomic E-state index is 10.5. The highest BCUT2D eigenvalue weighted by atomic mass is 16.6. The topological polar surface area (TPSA) is 38.7 Å². The van der Waals surface area contributed by atoms with Crippen molar-refractivity contribution in [3.05, 3.63) is 35.4 Å². The number of ether oxygens (including phenoxy) is 2. The Morgan fingerprint density at radius 1 is 1.17 bits per heavy atom. The maximum absolute atomic E-state index is 10.5. The quantitative estimate of drug-likeness (QED) is 0.892. The van der Waals surface area contributed by atoms with Gasteiger partial charge >= 0.3 is 0 Å². The predicted octanol–water partition coefficient (Wildman–Crippen LogP) is 2.40. The lowest BCUT2D eigenvalue weighted by Gasteiger charge is -2.32. The van der Waals surface area contributed by atoms with Crippen molar-refractivity contribution >= 4 is 0 Å². The number of rotatable bonds is 3. The smallest absolute Gasteiger partial charge is 0.111 e. The molecule has 1 saturated heterocycles. The molecule has 1 aromatic carbocycles. The van der Waals surface area contributed by atoms with Crippen LogP contribution in [-0.4, -0.2) is 31.0 Å². The van der Waals surface area contributed by atoms with Gasteiger partial charge in [0, 0.05) is 0 Å². The molecule has 0 aromatic heterocycles. The van der Waals surface area contributed by atoms with Crippen molar-refractivity contribution in [1.82, 2.24) is 0 Å². The molecule has 0 spiro atoms. The molecule has 1 aliphatic heterocycles. The summed E-state index contributed by atoms with van der Waals surface area (Å²) >= 11 is 0. The zero-order chi connectivity index (χ0) is 12.4. The molecule has 2 fully saturated rings. The molecule has 2 atom stereocenters. The summed E-state index contributed by atoms with van der Waals surface area (Å²) in [6.45, 7) is 1.70. The van der Waals surface area contributed by atoms with Gasteiger partial charge in [0.05, 0.1) is 19.8 Å². The summed E-state index contributed by atoms with van der Waals surface area (Å²) in [5, 5.41) is 10.5. The van der Waals surface area contributed by atoms with Crippen molar-refractivity contribution in [3.63, 3.8) is 0 Å². The van der Waals surface area contributed by atoms with Crippen molar-refractivity contribution in [1.29, 1.82) is 0 Å². The van der Waals surface area contributed by atoms with Crippen molar-refractivity contribution in [2.75, 3.05) is 19.8 Å². The Morgan fingerprint density at radius 3 is 2.67 bits per heavy atom. The van der Waals surface area contributed by atoms with E-state index in [4.69, 9.17) is 9.47 Å². The standard InChI is InChI=1S/C15H20O3/c16-15(14-10-17-8-9-18-14)13-7-2-1-6-12(13)11-4-3-5-11/h1-2,6-7,11,14-16H,3-5,8-10H2. The fourth-order valence-electron chi connectivity index (χ4n) is 2.76. The summed E-state index contributed by atoms with van der Waals surface area (Å²) < 4.78 is 11.0. The second kappa shape index (κ2) is 5.39. The Balaban J connectivity index is 1.81. The zero-order valence-electron chi connectivity index (χ0n) is 10.5. The van der Waals surface area contributed by atoms with Gasteiger partial charge in [-0.05, 0) is 29.9 Å². The summed E-state index contributed by atoms with van der Waals surface area (Å²) in [7, 11) is 0. The normalized spacial score (nSPS) is 26.6. The summed E-state index contributed by atoms with van der Waals surface area (Å²) in [6.07, 6.45) is 3.00. The van der Waals surface area contributed by atoms with E-state index in [2.05, 4.69) is 12.1 Å². The largest absolute Gasteiger partial charge is 0.386 e. The minimum atomic E-state index is -0.568. The van der Waals surface area contributed by atoms with Gasteiger partial charge in [0.2, 0.25) is 0 Å². The lowest BCUT2D eigenvalue weighted by molar-refractivity contribution is -0.133. The van der Waals surface area contributed by atoms with Gasteiger partial charge in [-0.1, -0.05) is 30.7 Å². The minimum Gasteiger partial charge on any atom is -0.386 e. The third kappa shape index (κ3) is 2.30. The van der Waals surface area contributed by atoms with Crippen LogP contribution in [0.15, 0.2) is 24.3 Å². The van der Waals surface area contributed by atoms with Gasteiger partial charge in [-0.15, -0.1) is 0 Å². The predicted molar refractivity (Wildman–Crippen MR) is 68.6 cm³/mol. The molecule has 3 rings (SSSR count). The van der Waals surface area contributed by atoms with Gasteiger partial charge in [0.25, 0.3) is 0 Å². The fraction of sp³-hybridized carbons (Fsp3) is 0.600. The van der Waals surface area contributed by atoms with E-state index in [0.29, 0.717) is 25.7 Å². The van der Waals surface area contributed by atoms with Gasteiger partial charge in [-0.25, -0.2) is 0 Å². The van der Waals surface area contributed by atoms with Crippen LogP contribution >= 0.6 is 0 Å². The number of hydrogen-bond donors (Lipinski definition) is 1. The van der Waals surface area contributed by atoms with E-state index in [1.807, 2.05) is 12.1 Å². The van der Waals surface area contributed by atoms with E-state index in [9.17, 15) is 5.11 Å². The van der Waals surface area contributed by atoms with Gasteiger partial charge in [-0.3, -0.25) is 0 Å². The molecule has 3 heteroatoms. The van der Waals surface area contributed by atoms with Gasteiger partial charge in [0.1, 0.15) is 12.2 Å². The third-order valence-electron chi connectivity index (χ3n) is 4.05. The zero-order valence-corrected chi connectivity index (χ0v) is 10.5. The van der Waals surface area contributed by atoms with Crippen molar-refractivity contribution in [2.24, 2.45) is 0 Å². The average Bonchev–Trinajstić information content (AvgIpc) is 2.38. The van der Waals surface area contributed by atoms with Crippen LogP contribution < -0.4 is 0 Å². The molecule has 1 aliphatic carbocycles. The number of benzene rings is 1. The SMILES string of the molecule is OC(c1ccccc1C1CCC1)C1COCCO1. The van der Waals surface area contributed by atoms with Crippen LogP contribution in [-0.2, 0) is 9.47 Å². The molecular weight excluding hydrogens is 228 g/mol. The minimum absolute atomic E-state index is 0.222. The van der Waals surface area contributed by atoms with E-state index in [-0.39, 0.29) is 6.10 Å². The van der Waals surface area contributed by atoms with Crippen LogP contribution in [0, 0.1) is 0 Å². The van der Waals surface area contributed by atoms with Crippen molar-refractivity contribution < 1.29 is 14.6 Å². The van der Waals surface area contributed by atoms with Crippen molar-refractivity contribution in [3.8, 4) is 0 Å². The third-order valence-corrected chi connectivity index (χ3v) is 4.05. The van der Waals surface area contributed by atoms with Crippen LogP contribution in [0.5, 0.6) is 0 Å².